The zero-order chi connectivity index (χ0) is 18.7. The predicted molar refractivity (Wildman–Crippen MR) is 103 cm³/mol. The standard InChI is InChI=1S/C18H14Cl2N4O2/c1-10(25)21-12-3-5-13(6-4-12)22-18(26)17-9-16(23-24-17)11-2-7-14(19)15(20)8-11/h2-9H,1H3,(H,21,25)(H,22,26)(H,23,24). The van der Waals surface area contributed by atoms with Crippen molar-refractivity contribution < 1.29 is 9.59 Å². The van der Waals surface area contributed by atoms with Gasteiger partial charge in [0.2, 0.25) is 5.91 Å². The van der Waals surface area contributed by atoms with Crippen LogP contribution in [0.1, 0.15) is 17.4 Å². The molecule has 0 saturated heterocycles. The summed E-state index contributed by atoms with van der Waals surface area (Å²) in [6.07, 6.45) is 0. The molecule has 2 aromatic carbocycles. The molecule has 3 aromatic rings. The number of anilines is 2. The van der Waals surface area contributed by atoms with Gasteiger partial charge in [0.05, 0.1) is 15.7 Å². The molecule has 0 aliphatic carbocycles. The lowest BCUT2D eigenvalue weighted by Gasteiger charge is -2.05. The van der Waals surface area contributed by atoms with E-state index in [0.29, 0.717) is 32.8 Å². The van der Waals surface area contributed by atoms with Crippen molar-refractivity contribution in [3.05, 3.63) is 64.3 Å². The van der Waals surface area contributed by atoms with Crippen LogP contribution in [0.25, 0.3) is 11.3 Å². The van der Waals surface area contributed by atoms with Gasteiger partial charge in [0.25, 0.3) is 5.91 Å². The third kappa shape index (κ3) is 4.22. The first-order valence-corrected chi connectivity index (χ1v) is 8.38. The number of carbonyl (C=O) groups excluding carboxylic acids is 2. The molecule has 3 rings (SSSR count). The van der Waals surface area contributed by atoms with Crippen LogP contribution in [0.2, 0.25) is 10.0 Å². The van der Waals surface area contributed by atoms with Gasteiger partial charge in [-0.25, -0.2) is 0 Å². The highest BCUT2D eigenvalue weighted by molar-refractivity contribution is 6.42. The molecule has 3 N–H and O–H groups in total. The molecular weight excluding hydrogens is 375 g/mol. The molecule has 0 spiro atoms. The van der Waals surface area contributed by atoms with E-state index in [1.165, 1.54) is 6.92 Å². The molecule has 8 heteroatoms. The number of rotatable bonds is 4. The van der Waals surface area contributed by atoms with Gasteiger partial charge in [0, 0.05) is 23.9 Å². The van der Waals surface area contributed by atoms with Crippen LogP contribution in [0.15, 0.2) is 48.5 Å². The Kier molecular flexibility index (Phi) is 5.25. The zero-order valence-corrected chi connectivity index (χ0v) is 15.2. The Hall–Kier alpha value is -2.83. The minimum atomic E-state index is -0.337. The first kappa shape index (κ1) is 18.0. The Labute approximate surface area is 159 Å². The van der Waals surface area contributed by atoms with Crippen LogP contribution in [0, 0.1) is 0 Å². The summed E-state index contributed by atoms with van der Waals surface area (Å²) in [5.41, 5.74) is 2.87. The van der Waals surface area contributed by atoms with Crippen molar-refractivity contribution in [1.82, 2.24) is 10.2 Å². The summed E-state index contributed by atoms with van der Waals surface area (Å²) in [6.45, 7) is 1.43. The van der Waals surface area contributed by atoms with Crippen LogP contribution >= 0.6 is 23.2 Å². The lowest BCUT2D eigenvalue weighted by atomic mass is 10.1. The van der Waals surface area contributed by atoms with Gasteiger partial charge in [-0.2, -0.15) is 5.10 Å². The molecule has 132 valence electrons. The van der Waals surface area contributed by atoms with Crippen molar-refractivity contribution in [3.8, 4) is 11.3 Å². The Morgan fingerprint density at radius 1 is 0.923 bits per heavy atom. The molecule has 0 radical (unpaired) electrons. The van der Waals surface area contributed by atoms with Crippen LogP contribution in [-0.2, 0) is 4.79 Å². The number of aromatic amines is 1. The van der Waals surface area contributed by atoms with Gasteiger partial charge >= 0.3 is 0 Å². The molecule has 26 heavy (non-hydrogen) atoms. The molecule has 2 amide bonds. The lowest BCUT2D eigenvalue weighted by Crippen LogP contribution is -2.12. The topological polar surface area (TPSA) is 86.9 Å². The van der Waals surface area contributed by atoms with Crippen molar-refractivity contribution in [2.45, 2.75) is 6.92 Å². The van der Waals surface area contributed by atoms with E-state index in [9.17, 15) is 9.59 Å². The molecule has 0 aliphatic rings. The van der Waals surface area contributed by atoms with E-state index >= 15 is 0 Å². The number of hydrogen-bond donors (Lipinski definition) is 3. The second-order valence-electron chi connectivity index (χ2n) is 5.51. The van der Waals surface area contributed by atoms with E-state index in [1.54, 1.807) is 48.5 Å². The van der Waals surface area contributed by atoms with Crippen LogP contribution in [0.3, 0.4) is 0 Å². The Bertz CT molecular complexity index is 968. The SMILES string of the molecule is CC(=O)Nc1ccc(NC(=O)c2cc(-c3ccc(Cl)c(Cl)c3)n[nH]2)cc1. The summed E-state index contributed by atoms with van der Waals surface area (Å²) in [7, 11) is 0. The number of hydrogen-bond acceptors (Lipinski definition) is 3. The summed E-state index contributed by atoms with van der Waals surface area (Å²) in [5.74, 6) is -0.495. The maximum absolute atomic E-state index is 12.3. The molecule has 0 unspecified atom stereocenters. The fourth-order valence-corrected chi connectivity index (χ4v) is 2.58. The second-order valence-corrected chi connectivity index (χ2v) is 6.32. The first-order chi connectivity index (χ1) is 12.4. The highest BCUT2D eigenvalue weighted by atomic mass is 35.5. The maximum atomic E-state index is 12.3. The smallest absolute Gasteiger partial charge is 0.273 e. The van der Waals surface area contributed by atoms with Gasteiger partial charge in [-0.15, -0.1) is 0 Å². The van der Waals surface area contributed by atoms with Gasteiger partial charge in [0.1, 0.15) is 5.69 Å². The van der Waals surface area contributed by atoms with E-state index in [0.717, 1.165) is 5.56 Å². The maximum Gasteiger partial charge on any atom is 0.273 e. The summed E-state index contributed by atoms with van der Waals surface area (Å²) in [4.78, 5) is 23.4. The van der Waals surface area contributed by atoms with E-state index in [2.05, 4.69) is 20.8 Å². The highest BCUT2D eigenvalue weighted by Crippen LogP contribution is 2.28. The summed E-state index contributed by atoms with van der Waals surface area (Å²) in [6, 6.07) is 13.5. The summed E-state index contributed by atoms with van der Waals surface area (Å²) < 4.78 is 0. The minimum absolute atomic E-state index is 0.158. The summed E-state index contributed by atoms with van der Waals surface area (Å²) >= 11 is 11.9. The number of nitrogens with one attached hydrogen (secondary N) is 3. The normalized spacial score (nSPS) is 10.4. The number of H-pyrrole nitrogens is 1. The first-order valence-electron chi connectivity index (χ1n) is 7.62. The zero-order valence-electron chi connectivity index (χ0n) is 13.6. The fourth-order valence-electron chi connectivity index (χ4n) is 2.28. The van der Waals surface area contributed by atoms with Crippen molar-refractivity contribution >= 4 is 46.4 Å². The van der Waals surface area contributed by atoms with E-state index in [-0.39, 0.29) is 11.8 Å². The molecular formula is C18H14Cl2N4O2. The molecule has 6 nitrogen and oxygen atoms in total. The van der Waals surface area contributed by atoms with Crippen LogP contribution < -0.4 is 10.6 Å². The number of nitrogens with zero attached hydrogens (tertiary/aromatic N) is 1. The molecule has 0 aliphatic heterocycles. The second kappa shape index (κ2) is 7.59. The summed E-state index contributed by atoms with van der Waals surface area (Å²) in [5, 5.41) is 13.1. The number of halogens is 2. The lowest BCUT2D eigenvalue weighted by molar-refractivity contribution is -0.114. The van der Waals surface area contributed by atoms with Crippen LogP contribution in [0.5, 0.6) is 0 Å². The van der Waals surface area contributed by atoms with Crippen molar-refractivity contribution in [2.24, 2.45) is 0 Å². The molecule has 1 heterocycles. The monoisotopic (exact) mass is 388 g/mol. The fraction of sp³-hybridized carbons (Fsp3) is 0.0556. The average molecular weight is 389 g/mol. The Morgan fingerprint density at radius 3 is 2.19 bits per heavy atom. The third-order valence-electron chi connectivity index (χ3n) is 3.50. The molecule has 0 atom stereocenters. The van der Waals surface area contributed by atoms with Crippen molar-refractivity contribution in [1.29, 1.82) is 0 Å². The van der Waals surface area contributed by atoms with Gasteiger partial charge in [-0.1, -0.05) is 29.3 Å². The van der Waals surface area contributed by atoms with Gasteiger partial charge < -0.3 is 10.6 Å². The Morgan fingerprint density at radius 2 is 1.58 bits per heavy atom. The van der Waals surface area contributed by atoms with Gasteiger partial charge in [0.15, 0.2) is 0 Å². The number of carbonyl (C=O) groups is 2. The van der Waals surface area contributed by atoms with E-state index < -0.39 is 0 Å². The number of amides is 2. The highest BCUT2D eigenvalue weighted by Gasteiger charge is 2.12. The van der Waals surface area contributed by atoms with Crippen LogP contribution in [-0.4, -0.2) is 22.0 Å². The molecule has 0 bridgehead atoms. The van der Waals surface area contributed by atoms with Crippen molar-refractivity contribution in [2.75, 3.05) is 10.6 Å². The number of aromatic nitrogens is 2. The van der Waals surface area contributed by atoms with Crippen LogP contribution in [0.4, 0.5) is 11.4 Å². The predicted octanol–water partition coefficient (Wildman–Crippen LogP) is 4.59. The van der Waals surface area contributed by atoms with Gasteiger partial charge in [-0.3, -0.25) is 14.7 Å². The quantitative estimate of drug-likeness (QED) is 0.610. The molecule has 0 fully saturated rings. The third-order valence-corrected chi connectivity index (χ3v) is 4.24. The Balaban J connectivity index is 1.71. The van der Waals surface area contributed by atoms with E-state index in [1.807, 2.05) is 0 Å². The van der Waals surface area contributed by atoms with Gasteiger partial charge in [-0.05, 0) is 42.5 Å². The molecule has 0 saturated carbocycles. The minimum Gasteiger partial charge on any atom is -0.326 e. The largest absolute Gasteiger partial charge is 0.326 e. The molecule has 1 aromatic heterocycles. The van der Waals surface area contributed by atoms with E-state index in [4.69, 9.17) is 23.2 Å². The number of benzene rings is 2. The van der Waals surface area contributed by atoms with Crippen molar-refractivity contribution in [3.63, 3.8) is 0 Å². The average Bonchev–Trinajstić information content (AvgIpc) is 3.09.